The number of hydrogen-bond donors (Lipinski definition) is 3. The van der Waals surface area contributed by atoms with Gasteiger partial charge in [-0.15, -0.1) is 0 Å². The molecule has 0 spiro atoms. The van der Waals surface area contributed by atoms with Crippen molar-refractivity contribution < 1.29 is 32.9 Å². The number of carbonyl (C=O) groups is 1. The van der Waals surface area contributed by atoms with Gasteiger partial charge in [0.1, 0.15) is 13.2 Å². The van der Waals surface area contributed by atoms with Gasteiger partial charge in [-0.3, -0.25) is 13.8 Å². The van der Waals surface area contributed by atoms with Crippen LogP contribution in [-0.2, 0) is 18.4 Å². The van der Waals surface area contributed by atoms with Crippen molar-refractivity contribution in [3.05, 3.63) is 48.6 Å². The molecule has 8 nitrogen and oxygen atoms in total. The highest BCUT2D eigenvalue weighted by atomic mass is 31.2. The van der Waals surface area contributed by atoms with E-state index in [2.05, 4.69) is 55.6 Å². The average molecular weight is 950 g/mol. The van der Waals surface area contributed by atoms with Gasteiger partial charge in [0.25, 0.3) is 0 Å². The van der Waals surface area contributed by atoms with Gasteiger partial charge in [-0.1, -0.05) is 236 Å². The van der Waals surface area contributed by atoms with Crippen molar-refractivity contribution in [1.82, 2.24) is 5.32 Å². The van der Waals surface area contributed by atoms with Crippen LogP contribution in [0.25, 0.3) is 0 Å². The van der Waals surface area contributed by atoms with Gasteiger partial charge < -0.3 is 19.8 Å². The van der Waals surface area contributed by atoms with Crippen molar-refractivity contribution in [2.75, 3.05) is 40.9 Å². The average Bonchev–Trinajstić information content (AvgIpc) is 3.28. The Morgan fingerprint density at radius 3 is 1.30 bits per heavy atom. The summed E-state index contributed by atoms with van der Waals surface area (Å²) in [6.45, 7) is 4.81. The first kappa shape index (κ1) is 64.5. The first-order chi connectivity index (χ1) is 32.0. The molecule has 388 valence electrons. The van der Waals surface area contributed by atoms with E-state index in [1.807, 2.05) is 27.2 Å². The maximum atomic E-state index is 13.0. The van der Waals surface area contributed by atoms with Crippen molar-refractivity contribution in [3.63, 3.8) is 0 Å². The van der Waals surface area contributed by atoms with Crippen LogP contribution in [0.4, 0.5) is 0 Å². The molecule has 0 aromatic heterocycles. The number of phosphoric acid groups is 1. The minimum absolute atomic E-state index is 0.0537. The molecule has 0 fully saturated rings. The second-order valence-corrected chi connectivity index (χ2v) is 21.8. The molecule has 0 saturated carbocycles. The Labute approximate surface area is 409 Å². The van der Waals surface area contributed by atoms with Crippen LogP contribution in [0.3, 0.4) is 0 Å². The molecule has 0 aromatic carbocycles. The lowest BCUT2D eigenvalue weighted by Gasteiger charge is -2.25. The summed E-state index contributed by atoms with van der Waals surface area (Å²) in [5.41, 5.74) is 0. The summed E-state index contributed by atoms with van der Waals surface area (Å²) in [6.07, 6.45) is 63.5. The topological polar surface area (TPSA) is 105 Å². The highest BCUT2D eigenvalue weighted by Gasteiger charge is 2.27. The van der Waals surface area contributed by atoms with Crippen LogP contribution in [0.15, 0.2) is 48.6 Å². The summed E-state index contributed by atoms with van der Waals surface area (Å²) in [5, 5.41) is 13.9. The summed E-state index contributed by atoms with van der Waals surface area (Å²) in [6, 6.07) is -0.869. The quantitative estimate of drug-likeness (QED) is 0.0243. The summed E-state index contributed by atoms with van der Waals surface area (Å²) >= 11 is 0. The van der Waals surface area contributed by atoms with E-state index in [1.165, 1.54) is 186 Å². The van der Waals surface area contributed by atoms with E-state index in [0.29, 0.717) is 17.4 Å². The number of nitrogens with one attached hydrogen (secondary N) is 1. The number of hydrogen-bond acceptors (Lipinski definition) is 5. The number of aliphatic hydroxyl groups excluding tert-OH is 1. The number of carbonyl (C=O) groups excluding carboxylic acids is 1. The fourth-order valence-electron chi connectivity index (χ4n) is 8.09. The molecular formula is C57H110N2O6P+. The highest BCUT2D eigenvalue weighted by Crippen LogP contribution is 2.43. The molecule has 0 aromatic rings. The highest BCUT2D eigenvalue weighted by molar-refractivity contribution is 7.47. The van der Waals surface area contributed by atoms with Gasteiger partial charge in [-0.25, -0.2) is 4.57 Å². The second-order valence-electron chi connectivity index (χ2n) is 20.3. The Bertz CT molecular complexity index is 1210. The van der Waals surface area contributed by atoms with Gasteiger partial charge in [0.15, 0.2) is 0 Å². The van der Waals surface area contributed by atoms with E-state index < -0.39 is 20.0 Å². The van der Waals surface area contributed by atoms with Gasteiger partial charge in [-0.2, -0.15) is 0 Å². The normalized spacial score (nSPS) is 14.3. The number of quaternary nitrogens is 1. The minimum Gasteiger partial charge on any atom is -0.387 e. The van der Waals surface area contributed by atoms with Crippen molar-refractivity contribution >= 4 is 13.7 Å². The van der Waals surface area contributed by atoms with Crippen LogP contribution in [0.1, 0.15) is 258 Å². The molecule has 0 aliphatic rings. The molecule has 0 aliphatic carbocycles. The maximum absolute atomic E-state index is 13.0. The molecule has 3 unspecified atom stereocenters. The lowest BCUT2D eigenvalue weighted by atomic mass is 10.0. The van der Waals surface area contributed by atoms with Crippen LogP contribution >= 0.6 is 7.82 Å². The molecule has 1 amide bonds. The van der Waals surface area contributed by atoms with Gasteiger partial charge in [0.2, 0.25) is 5.91 Å². The van der Waals surface area contributed by atoms with Crippen LogP contribution in [0.2, 0.25) is 0 Å². The maximum Gasteiger partial charge on any atom is 0.472 e. The molecule has 0 radical (unpaired) electrons. The third kappa shape index (κ3) is 50.3. The number of aliphatic hydroxyl groups is 1. The summed E-state index contributed by atoms with van der Waals surface area (Å²) < 4.78 is 23.7. The van der Waals surface area contributed by atoms with Crippen LogP contribution in [0.5, 0.6) is 0 Å². The predicted octanol–water partition coefficient (Wildman–Crippen LogP) is 16.8. The van der Waals surface area contributed by atoms with Crippen LogP contribution < -0.4 is 5.32 Å². The van der Waals surface area contributed by atoms with Crippen molar-refractivity contribution in [2.24, 2.45) is 0 Å². The lowest BCUT2D eigenvalue weighted by molar-refractivity contribution is -0.870. The molecule has 3 atom stereocenters. The lowest BCUT2D eigenvalue weighted by Crippen LogP contribution is -2.45. The summed E-state index contributed by atoms with van der Waals surface area (Å²) in [5.74, 6) is -0.193. The Morgan fingerprint density at radius 1 is 0.515 bits per heavy atom. The van der Waals surface area contributed by atoms with Gasteiger partial charge in [-0.05, 0) is 64.2 Å². The number of nitrogens with zero attached hydrogens (tertiary/aromatic N) is 1. The number of rotatable bonds is 51. The molecule has 0 bridgehead atoms. The van der Waals surface area contributed by atoms with E-state index >= 15 is 0 Å². The monoisotopic (exact) mass is 950 g/mol. The Kier molecular flexibility index (Phi) is 47.4. The number of unbranched alkanes of at least 4 members (excludes halogenated alkanes) is 32. The van der Waals surface area contributed by atoms with E-state index in [4.69, 9.17) is 9.05 Å². The minimum atomic E-state index is -4.36. The first-order valence-corrected chi connectivity index (χ1v) is 29.5. The summed E-state index contributed by atoms with van der Waals surface area (Å²) in [4.78, 5) is 23.3. The Morgan fingerprint density at radius 2 is 0.879 bits per heavy atom. The summed E-state index contributed by atoms with van der Waals surface area (Å²) in [7, 11) is 1.55. The van der Waals surface area contributed by atoms with Gasteiger partial charge in [0.05, 0.1) is 39.9 Å². The number of likely N-dealkylation sites (N-methyl/N-ethyl adjacent to an activating group) is 1. The van der Waals surface area contributed by atoms with Gasteiger partial charge in [0, 0.05) is 6.42 Å². The van der Waals surface area contributed by atoms with Crippen molar-refractivity contribution in [2.45, 2.75) is 270 Å². The van der Waals surface area contributed by atoms with Crippen molar-refractivity contribution in [3.8, 4) is 0 Å². The first-order valence-electron chi connectivity index (χ1n) is 28.0. The zero-order valence-corrected chi connectivity index (χ0v) is 45.1. The smallest absolute Gasteiger partial charge is 0.387 e. The van der Waals surface area contributed by atoms with E-state index in [-0.39, 0.29) is 19.1 Å². The van der Waals surface area contributed by atoms with E-state index in [9.17, 15) is 19.4 Å². The number of amides is 1. The van der Waals surface area contributed by atoms with Crippen molar-refractivity contribution in [1.29, 1.82) is 0 Å². The molecule has 0 saturated heterocycles. The zero-order chi connectivity index (χ0) is 48.5. The van der Waals surface area contributed by atoms with E-state index in [1.54, 1.807) is 6.08 Å². The van der Waals surface area contributed by atoms with Gasteiger partial charge >= 0.3 is 7.82 Å². The molecule has 9 heteroatoms. The molecule has 0 rings (SSSR count). The third-order valence-corrected chi connectivity index (χ3v) is 13.5. The SMILES string of the molecule is CCCCCCCCCCC/C=C\C/C=C\CCCCCCCCCC(=O)NC(COP(=O)(O)OCC[N+](C)(C)C)C(O)/C=C/CC/C=C/CCCCCCCCCCCCCCCCC. The zero-order valence-electron chi connectivity index (χ0n) is 44.2. The second kappa shape index (κ2) is 48.5. The van der Waals surface area contributed by atoms with Crippen LogP contribution in [0, 0.1) is 0 Å². The number of phosphoric ester groups is 1. The Hall–Kier alpha value is -1.54. The third-order valence-electron chi connectivity index (χ3n) is 12.5. The largest absolute Gasteiger partial charge is 0.472 e. The van der Waals surface area contributed by atoms with Crippen LogP contribution in [-0.4, -0.2) is 73.4 Å². The fourth-order valence-corrected chi connectivity index (χ4v) is 8.82. The molecule has 0 aliphatic heterocycles. The molecular weight excluding hydrogens is 840 g/mol. The Balaban J connectivity index is 4.31. The fraction of sp³-hybridized carbons (Fsp3) is 0.842. The molecule has 3 N–H and O–H groups in total. The molecule has 66 heavy (non-hydrogen) atoms. The number of allylic oxidation sites excluding steroid dienone is 7. The van der Waals surface area contributed by atoms with E-state index in [0.717, 1.165) is 51.4 Å². The molecule has 0 heterocycles. The predicted molar refractivity (Wildman–Crippen MR) is 286 cm³/mol. The standard InChI is InChI=1S/C57H109N2O6P/c1-6-8-10-12-14-16-18-20-22-24-26-28-29-31-33-35-37-39-41-43-45-47-49-51-57(61)58-55(54-65-66(62,63)64-53-52-59(3,4)5)56(60)50-48-46-44-42-40-38-36-34-32-30-27-25-23-21-19-17-15-13-11-9-7-2/h26,28,31,33,40,42,48,50,55-56,60H,6-25,27,29-30,32,34-39,41,43-47,49,51-54H2,1-5H3,(H-,58,61,62,63)/p+1/b28-26-,33-31-,42-40+,50-48+.